The van der Waals surface area contributed by atoms with Crippen molar-refractivity contribution in [2.24, 2.45) is 0 Å². The van der Waals surface area contributed by atoms with Crippen LogP contribution < -0.4 is 5.32 Å². The third-order valence-electron chi connectivity index (χ3n) is 4.09. The van der Waals surface area contributed by atoms with Gasteiger partial charge in [-0.3, -0.25) is 4.79 Å². The number of carbonyl (C=O) groups is 1. The molecule has 0 heterocycles. The molecule has 0 saturated heterocycles. The van der Waals surface area contributed by atoms with E-state index in [1.807, 2.05) is 31.2 Å². The number of hydrogen-bond acceptors (Lipinski definition) is 1. The summed E-state index contributed by atoms with van der Waals surface area (Å²) in [7, 11) is 0. The fourth-order valence-electron chi connectivity index (χ4n) is 2.86. The van der Waals surface area contributed by atoms with Crippen molar-refractivity contribution in [2.75, 3.05) is 0 Å². The zero-order valence-corrected chi connectivity index (χ0v) is 13.6. The lowest BCUT2D eigenvalue weighted by Gasteiger charge is -2.16. The van der Waals surface area contributed by atoms with Gasteiger partial charge in [-0.2, -0.15) is 0 Å². The third kappa shape index (κ3) is 3.03. The third-order valence-corrected chi connectivity index (χ3v) is 4.78. The molecule has 1 amide bonds. The first-order valence-corrected chi connectivity index (χ1v) is 8.11. The van der Waals surface area contributed by atoms with Crippen LogP contribution in [0.1, 0.15) is 46.4 Å². The second kappa shape index (κ2) is 6.02. The monoisotopic (exact) mass is 343 g/mol. The number of hydrogen-bond donors (Lipinski definition) is 1. The van der Waals surface area contributed by atoms with E-state index in [-0.39, 0.29) is 11.9 Å². The van der Waals surface area contributed by atoms with E-state index < -0.39 is 0 Å². The Labute approximate surface area is 133 Å². The van der Waals surface area contributed by atoms with Crippen LogP contribution >= 0.6 is 15.9 Å². The van der Waals surface area contributed by atoms with Gasteiger partial charge in [-0.05, 0) is 70.9 Å². The molecule has 2 nitrogen and oxygen atoms in total. The summed E-state index contributed by atoms with van der Waals surface area (Å²) in [5.74, 6) is -0.0459. The lowest BCUT2D eigenvalue weighted by molar-refractivity contribution is 0.0939. The van der Waals surface area contributed by atoms with E-state index in [9.17, 15) is 4.79 Å². The molecule has 2 aromatic carbocycles. The summed E-state index contributed by atoms with van der Waals surface area (Å²) < 4.78 is 0.823. The minimum atomic E-state index is -0.0459. The highest BCUT2D eigenvalue weighted by Gasteiger charge is 2.16. The van der Waals surface area contributed by atoms with E-state index in [1.165, 1.54) is 29.5 Å². The predicted molar refractivity (Wildman–Crippen MR) is 88.5 cm³/mol. The number of benzene rings is 2. The molecular formula is C18H18BrNO. The maximum Gasteiger partial charge on any atom is 0.252 e. The van der Waals surface area contributed by atoms with Crippen LogP contribution in [0.5, 0.6) is 0 Å². The van der Waals surface area contributed by atoms with Gasteiger partial charge in [-0.25, -0.2) is 0 Å². The largest absolute Gasteiger partial charge is 0.345 e. The Bertz CT molecular complexity index is 681. The molecule has 2 aromatic rings. The SMILES string of the molecule is CC(NC(=O)c1ccccc1Br)c1ccc2c(c1)CCC2. The molecule has 108 valence electrons. The van der Waals surface area contributed by atoms with Crippen LogP contribution in [0.25, 0.3) is 0 Å². The lowest BCUT2D eigenvalue weighted by atomic mass is 10.0. The summed E-state index contributed by atoms with van der Waals surface area (Å²) in [6, 6.07) is 14.1. The van der Waals surface area contributed by atoms with Gasteiger partial charge in [0.05, 0.1) is 11.6 Å². The van der Waals surface area contributed by atoms with E-state index in [2.05, 4.69) is 39.4 Å². The highest BCUT2D eigenvalue weighted by Crippen LogP contribution is 2.25. The summed E-state index contributed by atoms with van der Waals surface area (Å²) >= 11 is 3.42. The Balaban J connectivity index is 1.76. The first-order chi connectivity index (χ1) is 10.1. The molecule has 0 aromatic heterocycles. The van der Waals surface area contributed by atoms with Gasteiger partial charge in [0.15, 0.2) is 0 Å². The van der Waals surface area contributed by atoms with Crippen LogP contribution in [0.15, 0.2) is 46.9 Å². The number of nitrogens with one attached hydrogen (secondary N) is 1. The van der Waals surface area contributed by atoms with Crippen LogP contribution in [-0.4, -0.2) is 5.91 Å². The molecule has 21 heavy (non-hydrogen) atoms. The quantitative estimate of drug-likeness (QED) is 0.877. The Hall–Kier alpha value is -1.61. The predicted octanol–water partition coefficient (Wildman–Crippen LogP) is 4.43. The van der Waals surface area contributed by atoms with Crippen molar-refractivity contribution >= 4 is 21.8 Å². The van der Waals surface area contributed by atoms with Crippen molar-refractivity contribution in [2.45, 2.75) is 32.2 Å². The van der Waals surface area contributed by atoms with Gasteiger partial charge in [0, 0.05) is 4.47 Å². The number of halogens is 1. The van der Waals surface area contributed by atoms with Gasteiger partial charge in [-0.15, -0.1) is 0 Å². The Kier molecular flexibility index (Phi) is 4.11. The van der Waals surface area contributed by atoms with E-state index in [1.54, 1.807) is 0 Å². The first-order valence-electron chi connectivity index (χ1n) is 7.32. The normalized spacial score (nSPS) is 14.6. The van der Waals surface area contributed by atoms with Gasteiger partial charge in [0.1, 0.15) is 0 Å². The van der Waals surface area contributed by atoms with E-state index in [4.69, 9.17) is 0 Å². The highest BCUT2D eigenvalue weighted by molar-refractivity contribution is 9.10. The Morgan fingerprint density at radius 2 is 1.90 bits per heavy atom. The smallest absolute Gasteiger partial charge is 0.252 e. The number of amides is 1. The van der Waals surface area contributed by atoms with Crippen molar-refractivity contribution in [1.82, 2.24) is 5.32 Å². The number of aryl methyl sites for hydroxylation is 2. The molecule has 1 unspecified atom stereocenters. The molecule has 1 aliphatic carbocycles. The molecule has 0 saturated carbocycles. The molecule has 0 radical (unpaired) electrons. The minimum absolute atomic E-state index is 0.00973. The van der Waals surface area contributed by atoms with Crippen molar-refractivity contribution in [1.29, 1.82) is 0 Å². The second-order valence-electron chi connectivity index (χ2n) is 5.56. The van der Waals surface area contributed by atoms with Gasteiger partial charge >= 0.3 is 0 Å². The average molecular weight is 344 g/mol. The summed E-state index contributed by atoms with van der Waals surface area (Å²) in [5, 5.41) is 3.08. The maximum absolute atomic E-state index is 12.3. The Morgan fingerprint density at radius 1 is 1.14 bits per heavy atom. The fraction of sp³-hybridized carbons (Fsp3) is 0.278. The second-order valence-corrected chi connectivity index (χ2v) is 6.41. The first kappa shape index (κ1) is 14.3. The highest BCUT2D eigenvalue weighted by atomic mass is 79.9. The molecule has 1 aliphatic rings. The van der Waals surface area contributed by atoms with Crippen molar-refractivity contribution in [3.05, 3.63) is 69.2 Å². The molecule has 0 fully saturated rings. The summed E-state index contributed by atoms with van der Waals surface area (Å²) in [4.78, 5) is 12.3. The van der Waals surface area contributed by atoms with Crippen LogP contribution in [0, 0.1) is 0 Å². The summed E-state index contributed by atoms with van der Waals surface area (Å²) in [6.45, 7) is 2.03. The maximum atomic E-state index is 12.3. The van der Waals surface area contributed by atoms with Crippen LogP contribution in [0.2, 0.25) is 0 Å². The van der Waals surface area contributed by atoms with Gasteiger partial charge < -0.3 is 5.32 Å². The van der Waals surface area contributed by atoms with Gasteiger partial charge in [0.25, 0.3) is 5.91 Å². The van der Waals surface area contributed by atoms with Gasteiger partial charge in [-0.1, -0.05) is 30.3 Å². The number of fused-ring (bicyclic) bond motifs is 1. The Morgan fingerprint density at radius 3 is 2.71 bits per heavy atom. The number of carbonyl (C=O) groups excluding carboxylic acids is 1. The standard InChI is InChI=1S/C18H18BrNO/c1-12(14-10-9-13-5-4-6-15(13)11-14)20-18(21)16-7-2-3-8-17(16)19/h2-3,7-12H,4-6H2,1H3,(H,20,21). The molecule has 1 N–H and O–H groups in total. The topological polar surface area (TPSA) is 29.1 Å². The molecular weight excluding hydrogens is 326 g/mol. The van der Waals surface area contributed by atoms with Crippen LogP contribution in [0.3, 0.4) is 0 Å². The fourth-order valence-corrected chi connectivity index (χ4v) is 3.33. The average Bonchev–Trinajstić information content (AvgIpc) is 2.94. The molecule has 0 bridgehead atoms. The zero-order chi connectivity index (χ0) is 14.8. The molecule has 1 atom stereocenters. The minimum Gasteiger partial charge on any atom is -0.345 e. The summed E-state index contributed by atoms with van der Waals surface area (Å²) in [6.07, 6.45) is 3.60. The zero-order valence-electron chi connectivity index (χ0n) is 12.0. The van der Waals surface area contributed by atoms with E-state index in [0.29, 0.717) is 5.56 Å². The van der Waals surface area contributed by atoms with Crippen molar-refractivity contribution < 1.29 is 4.79 Å². The van der Waals surface area contributed by atoms with E-state index >= 15 is 0 Å². The molecule has 3 heteroatoms. The van der Waals surface area contributed by atoms with Crippen molar-refractivity contribution in [3.63, 3.8) is 0 Å². The van der Waals surface area contributed by atoms with Gasteiger partial charge in [0.2, 0.25) is 0 Å². The van der Waals surface area contributed by atoms with E-state index in [0.717, 1.165) is 10.9 Å². The summed E-state index contributed by atoms with van der Waals surface area (Å²) in [5.41, 5.74) is 4.75. The molecule has 3 rings (SSSR count). The lowest BCUT2D eigenvalue weighted by Crippen LogP contribution is -2.27. The van der Waals surface area contributed by atoms with Crippen LogP contribution in [-0.2, 0) is 12.8 Å². The van der Waals surface area contributed by atoms with Crippen LogP contribution in [0.4, 0.5) is 0 Å². The molecule has 0 aliphatic heterocycles. The van der Waals surface area contributed by atoms with Crippen molar-refractivity contribution in [3.8, 4) is 0 Å². The number of rotatable bonds is 3. The molecule has 0 spiro atoms.